The second-order valence-corrected chi connectivity index (χ2v) is 10.2. The largest absolute Gasteiger partial charge is 0.339 e. The Morgan fingerprint density at radius 2 is 1.68 bits per heavy atom. The third-order valence-corrected chi connectivity index (χ3v) is 7.05. The molecule has 1 aliphatic rings. The summed E-state index contributed by atoms with van der Waals surface area (Å²) in [5.41, 5.74) is 4.86. The molecule has 0 aliphatic heterocycles. The van der Waals surface area contributed by atoms with Gasteiger partial charge >= 0.3 is 0 Å². The number of halogens is 1. The van der Waals surface area contributed by atoms with Gasteiger partial charge in [0.15, 0.2) is 5.82 Å². The number of aryl methyl sites for hydroxylation is 2. The molecular formula is C22H24ClN5O2S. The maximum absolute atomic E-state index is 12.0. The predicted octanol–water partition coefficient (Wildman–Crippen LogP) is 4.82. The van der Waals surface area contributed by atoms with E-state index in [4.69, 9.17) is 11.6 Å². The molecule has 0 radical (unpaired) electrons. The topological polar surface area (TPSA) is 96.0 Å². The standard InChI is InChI=1S/C22H24ClN5O2S/c1-14-9-15(2)11-18(10-14)27-22-24-13-20(23)21(28-22)26-17-5-3-16(4-6-17)12-25-31(29,30)19-7-8-19/h3-6,9-11,13,19,25H,7-8,12H2,1-2H3,(H2,24,26,27,28). The maximum atomic E-state index is 12.0. The smallest absolute Gasteiger partial charge is 0.229 e. The van der Waals surface area contributed by atoms with Crippen LogP contribution in [0.5, 0.6) is 0 Å². The molecule has 0 atom stereocenters. The zero-order chi connectivity index (χ0) is 22.0. The third kappa shape index (κ3) is 5.72. The molecule has 4 rings (SSSR count). The van der Waals surface area contributed by atoms with Crippen LogP contribution in [-0.2, 0) is 16.6 Å². The molecule has 1 aliphatic carbocycles. The van der Waals surface area contributed by atoms with E-state index in [0.717, 1.165) is 40.9 Å². The summed E-state index contributed by atoms with van der Waals surface area (Å²) in [5.74, 6) is 0.911. The number of anilines is 4. The average molecular weight is 458 g/mol. The lowest BCUT2D eigenvalue weighted by atomic mass is 10.1. The fourth-order valence-corrected chi connectivity index (χ4v) is 4.71. The predicted molar refractivity (Wildman–Crippen MR) is 125 cm³/mol. The number of hydrogen-bond acceptors (Lipinski definition) is 6. The molecule has 162 valence electrons. The molecular weight excluding hydrogens is 434 g/mol. The Hall–Kier alpha value is -2.68. The lowest BCUT2D eigenvalue weighted by molar-refractivity contribution is 0.580. The Kier molecular flexibility index (Phi) is 6.13. The van der Waals surface area contributed by atoms with E-state index in [1.807, 2.05) is 50.2 Å². The molecule has 3 N–H and O–H groups in total. The van der Waals surface area contributed by atoms with Gasteiger partial charge in [-0.15, -0.1) is 0 Å². The van der Waals surface area contributed by atoms with Gasteiger partial charge in [0, 0.05) is 17.9 Å². The van der Waals surface area contributed by atoms with Gasteiger partial charge in [0.25, 0.3) is 0 Å². The summed E-state index contributed by atoms with van der Waals surface area (Å²) < 4.78 is 26.6. The first-order valence-electron chi connectivity index (χ1n) is 10.0. The van der Waals surface area contributed by atoms with E-state index in [1.54, 1.807) is 6.20 Å². The van der Waals surface area contributed by atoms with Crippen LogP contribution < -0.4 is 15.4 Å². The van der Waals surface area contributed by atoms with Crippen molar-refractivity contribution in [1.82, 2.24) is 14.7 Å². The van der Waals surface area contributed by atoms with Crippen molar-refractivity contribution in [3.8, 4) is 0 Å². The summed E-state index contributed by atoms with van der Waals surface area (Å²) in [5, 5.41) is 6.57. The van der Waals surface area contributed by atoms with Gasteiger partial charge in [0.1, 0.15) is 5.02 Å². The normalized spacial score (nSPS) is 13.8. The molecule has 0 spiro atoms. The molecule has 1 heterocycles. The summed E-state index contributed by atoms with van der Waals surface area (Å²) in [6, 6.07) is 13.6. The third-order valence-electron chi connectivity index (χ3n) is 4.88. The number of nitrogens with zero attached hydrogens (tertiary/aromatic N) is 2. The first-order valence-corrected chi connectivity index (χ1v) is 11.9. The highest BCUT2D eigenvalue weighted by molar-refractivity contribution is 7.90. The van der Waals surface area contributed by atoms with E-state index in [1.165, 1.54) is 0 Å². The van der Waals surface area contributed by atoms with Gasteiger partial charge in [0.05, 0.1) is 11.4 Å². The highest BCUT2D eigenvalue weighted by atomic mass is 35.5. The van der Waals surface area contributed by atoms with Gasteiger partial charge in [-0.3, -0.25) is 0 Å². The Bertz CT molecular complexity index is 1170. The van der Waals surface area contributed by atoms with Crippen LogP contribution in [0.15, 0.2) is 48.7 Å². The van der Waals surface area contributed by atoms with Crippen LogP contribution in [-0.4, -0.2) is 23.6 Å². The zero-order valence-corrected chi connectivity index (χ0v) is 18.9. The van der Waals surface area contributed by atoms with E-state index in [2.05, 4.69) is 31.4 Å². The lowest BCUT2D eigenvalue weighted by Gasteiger charge is -2.12. The second kappa shape index (κ2) is 8.82. The molecule has 1 saturated carbocycles. The van der Waals surface area contributed by atoms with Crippen molar-refractivity contribution >= 4 is 44.8 Å². The summed E-state index contributed by atoms with van der Waals surface area (Å²) in [6.45, 7) is 4.35. The number of aromatic nitrogens is 2. The number of hydrogen-bond donors (Lipinski definition) is 3. The van der Waals surface area contributed by atoms with Crippen molar-refractivity contribution < 1.29 is 8.42 Å². The summed E-state index contributed by atoms with van der Waals surface area (Å²) in [7, 11) is -3.19. The fraction of sp³-hybridized carbons (Fsp3) is 0.273. The summed E-state index contributed by atoms with van der Waals surface area (Å²) in [4.78, 5) is 8.74. The van der Waals surface area contributed by atoms with Crippen LogP contribution >= 0.6 is 11.6 Å². The number of sulfonamides is 1. The molecule has 0 amide bonds. The lowest BCUT2D eigenvalue weighted by Crippen LogP contribution is -2.26. The van der Waals surface area contributed by atoms with Crippen LogP contribution in [0.1, 0.15) is 29.5 Å². The number of benzene rings is 2. The number of nitrogens with one attached hydrogen (secondary N) is 3. The van der Waals surface area contributed by atoms with Gasteiger partial charge in [-0.2, -0.15) is 4.98 Å². The minimum absolute atomic E-state index is 0.222. The molecule has 0 saturated heterocycles. The first kappa shape index (κ1) is 21.5. The molecule has 9 heteroatoms. The quantitative estimate of drug-likeness (QED) is 0.449. The highest BCUT2D eigenvalue weighted by Gasteiger charge is 2.35. The highest BCUT2D eigenvalue weighted by Crippen LogP contribution is 2.28. The summed E-state index contributed by atoms with van der Waals surface area (Å²) in [6.07, 6.45) is 3.04. The fourth-order valence-electron chi connectivity index (χ4n) is 3.21. The molecule has 1 fully saturated rings. The van der Waals surface area contributed by atoms with Crippen molar-refractivity contribution in [3.63, 3.8) is 0 Å². The Morgan fingerprint density at radius 1 is 1.00 bits per heavy atom. The van der Waals surface area contributed by atoms with E-state index in [9.17, 15) is 8.42 Å². The molecule has 2 aromatic carbocycles. The molecule has 0 bridgehead atoms. The average Bonchev–Trinajstić information content (AvgIpc) is 3.55. The monoisotopic (exact) mass is 457 g/mol. The molecule has 1 aromatic heterocycles. The Labute approximate surface area is 187 Å². The van der Waals surface area contributed by atoms with Gasteiger partial charge in [0.2, 0.25) is 16.0 Å². The van der Waals surface area contributed by atoms with E-state index in [-0.39, 0.29) is 11.8 Å². The minimum atomic E-state index is -3.19. The molecule has 7 nitrogen and oxygen atoms in total. The van der Waals surface area contributed by atoms with Crippen molar-refractivity contribution in [2.24, 2.45) is 0 Å². The second-order valence-electron chi connectivity index (χ2n) is 7.78. The number of rotatable bonds is 8. The van der Waals surface area contributed by atoms with Crippen LogP contribution in [0.25, 0.3) is 0 Å². The van der Waals surface area contributed by atoms with Crippen LogP contribution in [0.4, 0.5) is 23.1 Å². The Morgan fingerprint density at radius 3 is 2.32 bits per heavy atom. The van der Waals surface area contributed by atoms with Crippen molar-refractivity contribution in [2.45, 2.75) is 38.5 Å². The van der Waals surface area contributed by atoms with Gasteiger partial charge in [-0.05, 0) is 67.6 Å². The molecule has 3 aromatic rings. The Balaban J connectivity index is 1.43. The summed E-state index contributed by atoms with van der Waals surface area (Å²) >= 11 is 6.27. The van der Waals surface area contributed by atoms with Crippen LogP contribution in [0, 0.1) is 13.8 Å². The van der Waals surface area contributed by atoms with Crippen LogP contribution in [0.3, 0.4) is 0 Å². The zero-order valence-electron chi connectivity index (χ0n) is 17.3. The molecule has 0 unspecified atom stereocenters. The SMILES string of the molecule is Cc1cc(C)cc(Nc2ncc(Cl)c(Nc3ccc(CNS(=O)(=O)C4CC4)cc3)n2)c1. The van der Waals surface area contributed by atoms with Crippen molar-refractivity contribution in [1.29, 1.82) is 0 Å². The maximum Gasteiger partial charge on any atom is 0.229 e. The van der Waals surface area contributed by atoms with Crippen LogP contribution in [0.2, 0.25) is 5.02 Å². The van der Waals surface area contributed by atoms with Gasteiger partial charge < -0.3 is 10.6 Å². The van der Waals surface area contributed by atoms with Gasteiger partial charge in [-0.25, -0.2) is 18.1 Å². The van der Waals surface area contributed by atoms with Crippen molar-refractivity contribution in [3.05, 3.63) is 70.4 Å². The van der Waals surface area contributed by atoms with E-state index >= 15 is 0 Å². The van der Waals surface area contributed by atoms with E-state index < -0.39 is 10.0 Å². The van der Waals surface area contributed by atoms with Gasteiger partial charge in [-0.1, -0.05) is 29.8 Å². The van der Waals surface area contributed by atoms with Crippen molar-refractivity contribution in [2.75, 3.05) is 10.6 Å². The first-order chi connectivity index (χ1) is 14.8. The molecule has 31 heavy (non-hydrogen) atoms. The minimum Gasteiger partial charge on any atom is -0.339 e. The van der Waals surface area contributed by atoms with E-state index in [0.29, 0.717) is 16.8 Å².